The van der Waals surface area contributed by atoms with Crippen LogP contribution >= 0.6 is 0 Å². The van der Waals surface area contributed by atoms with Crippen molar-refractivity contribution in [2.75, 3.05) is 25.4 Å². The van der Waals surface area contributed by atoms with Crippen molar-refractivity contribution >= 4 is 23.7 Å². The largest absolute Gasteiger partial charge is 0.399 e. The fraction of sp³-hybridized carbons (Fsp3) is 0.400. The minimum Gasteiger partial charge on any atom is -0.399 e. The number of nitrogen functional groups attached to an aromatic ring is 1. The van der Waals surface area contributed by atoms with E-state index in [0.717, 1.165) is 50.8 Å². The highest BCUT2D eigenvalue weighted by Crippen LogP contribution is 2.24. The lowest BCUT2D eigenvalue weighted by Gasteiger charge is -2.32. The molecule has 1 aliphatic rings. The first-order valence-electron chi connectivity index (χ1n) is 10.8. The minimum atomic E-state index is -0.123. The predicted octanol–water partition coefficient (Wildman–Crippen LogP) is 3.57. The number of nitrogens with zero attached hydrogens (tertiary/aromatic N) is 2. The Morgan fingerprint density at radius 2 is 2.06 bits per heavy atom. The number of nitrogens with two attached hydrogens (primary N) is 1. The lowest BCUT2D eigenvalue weighted by atomic mass is 9.91. The lowest BCUT2D eigenvalue weighted by molar-refractivity contribution is -0.116. The Labute approximate surface area is 185 Å². The molecule has 2 rings (SSSR count). The van der Waals surface area contributed by atoms with Crippen molar-refractivity contribution in [3.63, 3.8) is 0 Å². The number of unbranched alkanes of at least 4 members (excludes halogenated alkanes) is 1. The number of likely N-dealkylation sites (tertiary alicyclic amines) is 1. The van der Waals surface area contributed by atoms with Crippen molar-refractivity contribution in [1.29, 1.82) is 0 Å². The van der Waals surface area contributed by atoms with Crippen LogP contribution in [0.1, 0.15) is 49.4 Å². The van der Waals surface area contributed by atoms with Gasteiger partial charge in [0.25, 0.3) is 5.91 Å². The maximum Gasteiger partial charge on any atom is 0.253 e. The molecule has 2 amide bonds. The first-order chi connectivity index (χ1) is 15.0. The molecule has 6 nitrogen and oxygen atoms in total. The summed E-state index contributed by atoms with van der Waals surface area (Å²) in [5.74, 6) is 0.572. The van der Waals surface area contributed by atoms with Crippen LogP contribution in [-0.2, 0) is 4.79 Å². The average molecular weight is 421 g/mol. The highest BCUT2D eigenvalue weighted by Gasteiger charge is 2.23. The van der Waals surface area contributed by atoms with Gasteiger partial charge in [0.15, 0.2) is 0 Å². The second-order valence-electron chi connectivity index (χ2n) is 7.66. The molecule has 3 N–H and O–H groups in total. The standard InChI is InChI=1S/C25H32N4O2/c1-3-20(19-27-4-2)11-12-24(30)28-15-6-5-8-21-13-16-29(17-14-21)25(31)22-9-7-10-23(26)18-22/h2-3,7,9-12,18-19,21H,5-6,8,13-17,26H2,1H3,(H,28,30)/b12-11+,20-3-,27-19?. The van der Waals surface area contributed by atoms with E-state index in [-0.39, 0.29) is 11.8 Å². The lowest BCUT2D eigenvalue weighted by Crippen LogP contribution is -2.38. The van der Waals surface area contributed by atoms with E-state index in [9.17, 15) is 9.59 Å². The topological polar surface area (TPSA) is 87.8 Å². The van der Waals surface area contributed by atoms with Crippen LogP contribution in [0.4, 0.5) is 5.69 Å². The van der Waals surface area contributed by atoms with E-state index in [4.69, 9.17) is 12.2 Å². The molecule has 0 spiro atoms. The fourth-order valence-electron chi connectivity index (χ4n) is 3.61. The zero-order valence-corrected chi connectivity index (χ0v) is 18.2. The summed E-state index contributed by atoms with van der Waals surface area (Å²) in [6, 6.07) is 9.34. The van der Waals surface area contributed by atoms with Gasteiger partial charge in [0.05, 0.1) is 0 Å². The van der Waals surface area contributed by atoms with Crippen molar-refractivity contribution in [2.24, 2.45) is 10.9 Å². The number of carbonyl (C=O) groups is 2. The van der Waals surface area contributed by atoms with Crippen LogP contribution in [0.15, 0.2) is 53.1 Å². The molecule has 6 heteroatoms. The number of hydrogen-bond acceptors (Lipinski definition) is 4. The molecule has 1 aromatic rings. The van der Waals surface area contributed by atoms with Gasteiger partial charge in [-0.2, -0.15) is 0 Å². The molecule has 1 saturated heterocycles. The Morgan fingerprint density at radius 3 is 2.74 bits per heavy atom. The van der Waals surface area contributed by atoms with E-state index in [1.807, 2.05) is 30.0 Å². The van der Waals surface area contributed by atoms with Gasteiger partial charge in [0, 0.05) is 49.2 Å². The van der Waals surface area contributed by atoms with Crippen LogP contribution in [0.5, 0.6) is 0 Å². The first-order valence-corrected chi connectivity index (χ1v) is 10.8. The summed E-state index contributed by atoms with van der Waals surface area (Å²) in [5.41, 5.74) is 7.85. The second-order valence-corrected chi connectivity index (χ2v) is 7.66. The average Bonchev–Trinajstić information content (AvgIpc) is 2.79. The van der Waals surface area contributed by atoms with Crippen LogP contribution < -0.4 is 11.1 Å². The van der Waals surface area contributed by atoms with Gasteiger partial charge in [-0.3, -0.25) is 9.59 Å². The van der Waals surface area contributed by atoms with Gasteiger partial charge in [-0.05, 0) is 62.0 Å². The van der Waals surface area contributed by atoms with Crippen LogP contribution in [0.3, 0.4) is 0 Å². The normalized spacial score (nSPS) is 15.4. The van der Waals surface area contributed by atoms with Crippen LogP contribution in [0.25, 0.3) is 0 Å². The highest BCUT2D eigenvalue weighted by atomic mass is 16.2. The molecule has 164 valence electrons. The molecule has 1 fully saturated rings. The molecular formula is C25H32N4O2. The number of allylic oxidation sites excluding steroid dienone is 3. The molecule has 31 heavy (non-hydrogen) atoms. The Bertz CT molecular complexity index is 872. The number of piperidine rings is 1. The predicted molar refractivity (Wildman–Crippen MR) is 127 cm³/mol. The third kappa shape index (κ3) is 8.51. The number of rotatable bonds is 9. The number of terminal acetylenes is 1. The minimum absolute atomic E-state index is 0.0631. The summed E-state index contributed by atoms with van der Waals surface area (Å²) in [6.07, 6.45) is 16.8. The van der Waals surface area contributed by atoms with E-state index in [1.165, 1.54) is 12.3 Å². The summed E-state index contributed by atoms with van der Waals surface area (Å²) in [4.78, 5) is 30.1. The third-order valence-corrected chi connectivity index (χ3v) is 5.42. The summed E-state index contributed by atoms with van der Waals surface area (Å²) in [7, 11) is 0. The number of amides is 2. The Kier molecular flexibility index (Phi) is 10.1. The number of carbonyl (C=O) groups excluding carboxylic acids is 2. The molecule has 0 bridgehead atoms. The molecule has 1 aliphatic heterocycles. The number of aliphatic imine (C=N–C) groups is 1. The van der Waals surface area contributed by atoms with Gasteiger partial charge in [-0.25, -0.2) is 4.99 Å². The maximum absolute atomic E-state index is 12.6. The summed E-state index contributed by atoms with van der Waals surface area (Å²) in [6.45, 7) is 4.09. The SMILES string of the molecule is C#CN=CC(=C\C)/C=C/C(=O)NCCCCC1CCN(C(=O)c2cccc(N)c2)CC1. The molecule has 0 radical (unpaired) electrons. The van der Waals surface area contributed by atoms with Gasteiger partial charge < -0.3 is 16.0 Å². The van der Waals surface area contributed by atoms with Crippen molar-refractivity contribution in [3.05, 3.63) is 53.6 Å². The van der Waals surface area contributed by atoms with Gasteiger partial charge >= 0.3 is 0 Å². The Hall–Kier alpha value is -3.33. The Balaban J connectivity index is 1.61. The molecular weight excluding hydrogens is 388 g/mol. The van der Waals surface area contributed by atoms with Crippen molar-refractivity contribution in [2.45, 2.75) is 39.0 Å². The fourth-order valence-corrected chi connectivity index (χ4v) is 3.61. The molecule has 0 saturated carbocycles. The third-order valence-electron chi connectivity index (χ3n) is 5.42. The van der Waals surface area contributed by atoms with Crippen molar-refractivity contribution in [3.8, 4) is 12.5 Å². The van der Waals surface area contributed by atoms with Gasteiger partial charge in [0.2, 0.25) is 5.91 Å². The van der Waals surface area contributed by atoms with Crippen LogP contribution in [-0.4, -0.2) is 42.6 Å². The molecule has 0 aliphatic carbocycles. The molecule has 0 atom stereocenters. The number of nitrogens with one attached hydrogen (secondary N) is 1. The van der Waals surface area contributed by atoms with Gasteiger partial charge in [-0.1, -0.05) is 31.4 Å². The number of hydrogen-bond donors (Lipinski definition) is 2. The van der Waals surface area contributed by atoms with E-state index >= 15 is 0 Å². The summed E-state index contributed by atoms with van der Waals surface area (Å²) >= 11 is 0. The molecule has 0 unspecified atom stereocenters. The zero-order valence-electron chi connectivity index (χ0n) is 18.2. The first kappa shape index (κ1) is 23.9. The van der Waals surface area contributed by atoms with Crippen molar-refractivity contribution in [1.82, 2.24) is 10.2 Å². The van der Waals surface area contributed by atoms with E-state index in [1.54, 1.807) is 18.2 Å². The number of anilines is 1. The summed E-state index contributed by atoms with van der Waals surface area (Å²) in [5, 5.41) is 2.90. The van der Waals surface area contributed by atoms with Crippen LogP contribution in [0.2, 0.25) is 0 Å². The molecule has 0 aromatic heterocycles. The summed E-state index contributed by atoms with van der Waals surface area (Å²) < 4.78 is 0. The molecule has 1 aromatic carbocycles. The van der Waals surface area contributed by atoms with Gasteiger partial charge in [-0.15, -0.1) is 0 Å². The van der Waals surface area contributed by atoms with E-state index in [2.05, 4.69) is 16.4 Å². The van der Waals surface area contributed by atoms with Crippen LogP contribution in [0, 0.1) is 18.4 Å². The second kappa shape index (κ2) is 13.1. The van der Waals surface area contributed by atoms with Crippen molar-refractivity contribution < 1.29 is 9.59 Å². The zero-order chi connectivity index (χ0) is 22.5. The molecule has 1 heterocycles. The number of benzene rings is 1. The smallest absolute Gasteiger partial charge is 0.253 e. The quantitative estimate of drug-likeness (QED) is 0.160. The van der Waals surface area contributed by atoms with E-state index < -0.39 is 0 Å². The van der Waals surface area contributed by atoms with E-state index in [0.29, 0.717) is 23.7 Å². The van der Waals surface area contributed by atoms with Gasteiger partial charge in [0.1, 0.15) is 0 Å². The highest BCUT2D eigenvalue weighted by molar-refractivity contribution is 5.95. The maximum atomic E-state index is 12.6. The monoisotopic (exact) mass is 420 g/mol. The Morgan fingerprint density at radius 1 is 1.29 bits per heavy atom.